The summed E-state index contributed by atoms with van der Waals surface area (Å²) in [6, 6.07) is 0. The van der Waals surface area contributed by atoms with Crippen molar-refractivity contribution in [2.75, 3.05) is 19.7 Å². The number of rotatable bonds is 5. The first-order valence-electron chi connectivity index (χ1n) is 8.99. The molecule has 1 saturated carbocycles. The van der Waals surface area contributed by atoms with Crippen molar-refractivity contribution in [2.45, 2.75) is 84.8 Å². The molecule has 4 heteroatoms. The van der Waals surface area contributed by atoms with E-state index in [1.165, 1.54) is 12.8 Å². The van der Waals surface area contributed by atoms with Crippen molar-refractivity contribution in [1.82, 2.24) is 4.90 Å². The maximum absolute atomic E-state index is 9.86. The molecule has 1 spiro atoms. The maximum atomic E-state index is 9.86. The Morgan fingerprint density at radius 2 is 1.91 bits per heavy atom. The number of ether oxygens (including phenoxy) is 2. The molecule has 2 rings (SSSR count). The molecule has 0 aromatic rings. The minimum absolute atomic E-state index is 0.0901. The van der Waals surface area contributed by atoms with E-state index in [9.17, 15) is 5.11 Å². The molecule has 2 aliphatic rings. The molecule has 2 fully saturated rings. The van der Waals surface area contributed by atoms with Crippen LogP contribution in [0.15, 0.2) is 0 Å². The minimum atomic E-state index is -0.420. The zero-order valence-corrected chi connectivity index (χ0v) is 15.1. The Kier molecular flexibility index (Phi) is 5.92. The van der Waals surface area contributed by atoms with Gasteiger partial charge in [0.15, 0.2) is 5.79 Å². The summed E-state index contributed by atoms with van der Waals surface area (Å²) in [5, 5.41) is 9.86. The zero-order valence-electron chi connectivity index (χ0n) is 15.1. The molecular formula is C18H35NO3. The van der Waals surface area contributed by atoms with Gasteiger partial charge in [0.1, 0.15) is 6.23 Å². The standard InChI is InChI=1S/C18H35NO3/c1-6-11-19(14(2)20)12-16-13-21-18(22-16)9-7-15(8-10-18)17(3,4)5/h14-16,20H,6-13H2,1-5H3. The molecule has 0 bridgehead atoms. The summed E-state index contributed by atoms with van der Waals surface area (Å²) in [4.78, 5) is 2.08. The lowest BCUT2D eigenvalue weighted by Crippen LogP contribution is -2.42. The number of hydrogen-bond donors (Lipinski definition) is 1. The molecule has 2 unspecified atom stereocenters. The van der Waals surface area contributed by atoms with Crippen LogP contribution in [0.5, 0.6) is 0 Å². The largest absolute Gasteiger partial charge is 0.379 e. The molecule has 0 aromatic carbocycles. The molecule has 1 saturated heterocycles. The maximum Gasteiger partial charge on any atom is 0.168 e. The van der Waals surface area contributed by atoms with Gasteiger partial charge in [-0.25, -0.2) is 0 Å². The van der Waals surface area contributed by atoms with Crippen LogP contribution in [0, 0.1) is 11.3 Å². The van der Waals surface area contributed by atoms with E-state index in [0.29, 0.717) is 12.0 Å². The highest BCUT2D eigenvalue weighted by molar-refractivity contribution is 4.89. The van der Waals surface area contributed by atoms with E-state index in [0.717, 1.165) is 38.3 Å². The summed E-state index contributed by atoms with van der Waals surface area (Å²) in [7, 11) is 0. The van der Waals surface area contributed by atoms with E-state index < -0.39 is 6.23 Å². The Morgan fingerprint density at radius 1 is 1.27 bits per heavy atom. The Hall–Kier alpha value is -0.160. The Balaban J connectivity index is 1.85. The topological polar surface area (TPSA) is 41.9 Å². The highest BCUT2D eigenvalue weighted by atomic mass is 16.7. The average molecular weight is 313 g/mol. The number of nitrogens with zero attached hydrogens (tertiary/aromatic N) is 1. The zero-order chi connectivity index (χ0) is 16.4. The van der Waals surface area contributed by atoms with E-state index in [-0.39, 0.29) is 11.9 Å². The normalized spacial score (nSPS) is 34.5. The summed E-state index contributed by atoms with van der Waals surface area (Å²) in [5.41, 5.74) is 0.379. The summed E-state index contributed by atoms with van der Waals surface area (Å²) < 4.78 is 12.4. The van der Waals surface area contributed by atoms with Gasteiger partial charge in [-0.3, -0.25) is 4.90 Å². The molecule has 130 valence electrons. The lowest BCUT2D eigenvalue weighted by Gasteiger charge is -2.41. The van der Waals surface area contributed by atoms with Crippen LogP contribution in [0.3, 0.4) is 0 Å². The molecule has 0 radical (unpaired) electrons. The first kappa shape index (κ1) is 18.2. The van der Waals surface area contributed by atoms with Gasteiger partial charge in [0.05, 0.1) is 12.7 Å². The lowest BCUT2D eigenvalue weighted by molar-refractivity contribution is -0.199. The van der Waals surface area contributed by atoms with Gasteiger partial charge in [-0.1, -0.05) is 27.7 Å². The average Bonchev–Trinajstić information content (AvgIpc) is 2.80. The molecule has 0 amide bonds. The smallest absolute Gasteiger partial charge is 0.168 e. The van der Waals surface area contributed by atoms with Crippen molar-refractivity contribution < 1.29 is 14.6 Å². The second kappa shape index (κ2) is 7.16. The second-order valence-electron chi connectivity index (χ2n) is 8.23. The van der Waals surface area contributed by atoms with Crippen LogP contribution in [-0.2, 0) is 9.47 Å². The SMILES string of the molecule is CCCN(CC1COC2(CCC(C(C)(C)C)CC2)O1)C(C)O. The highest BCUT2D eigenvalue weighted by Crippen LogP contribution is 2.45. The van der Waals surface area contributed by atoms with E-state index in [4.69, 9.17) is 9.47 Å². The van der Waals surface area contributed by atoms with Gasteiger partial charge >= 0.3 is 0 Å². The van der Waals surface area contributed by atoms with Gasteiger partial charge in [-0.05, 0) is 37.5 Å². The van der Waals surface area contributed by atoms with E-state index in [2.05, 4.69) is 32.6 Å². The molecule has 0 aromatic heterocycles. The highest BCUT2D eigenvalue weighted by Gasteiger charge is 2.46. The molecule has 1 N–H and O–H groups in total. The number of aliphatic hydroxyl groups excluding tert-OH is 1. The van der Waals surface area contributed by atoms with Crippen LogP contribution in [0.4, 0.5) is 0 Å². The van der Waals surface area contributed by atoms with E-state index >= 15 is 0 Å². The summed E-state index contributed by atoms with van der Waals surface area (Å²) in [6.45, 7) is 13.3. The van der Waals surface area contributed by atoms with Crippen molar-refractivity contribution in [3.8, 4) is 0 Å². The fourth-order valence-corrected chi connectivity index (χ4v) is 3.87. The summed E-state index contributed by atoms with van der Waals surface area (Å²) in [5.74, 6) is 0.418. The molecular weight excluding hydrogens is 278 g/mol. The quantitative estimate of drug-likeness (QED) is 0.790. The van der Waals surface area contributed by atoms with Crippen molar-refractivity contribution in [3.63, 3.8) is 0 Å². The molecule has 1 aliphatic heterocycles. The third-order valence-electron chi connectivity index (χ3n) is 5.36. The fourth-order valence-electron chi connectivity index (χ4n) is 3.87. The van der Waals surface area contributed by atoms with Crippen LogP contribution in [-0.4, -0.2) is 47.8 Å². The van der Waals surface area contributed by atoms with Gasteiger partial charge in [0.2, 0.25) is 0 Å². The third kappa shape index (κ3) is 4.44. The Labute approximate surface area is 136 Å². The first-order valence-corrected chi connectivity index (χ1v) is 8.99. The molecule has 1 aliphatic carbocycles. The van der Waals surface area contributed by atoms with Gasteiger partial charge in [-0.15, -0.1) is 0 Å². The molecule has 2 atom stereocenters. The summed E-state index contributed by atoms with van der Waals surface area (Å²) in [6.07, 6.45) is 5.10. The van der Waals surface area contributed by atoms with Gasteiger partial charge in [-0.2, -0.15) is 0 Å². The summed E-state index contributed by atoms with van der Waals surface area (Å²) >= 11 is 0. The second-order valence-corrected chi connectivity index (χ2v) is 8.23. The van der Waals surface area contributed by atoms with Gasteiger partial charge < -0.3 is 14.6 Å². The van der Waals surface area contributed by atoms with Crippen LogP contribution in [0.1, 0.15) is 66.7 Å². The van der Waals surface area contributed by atoms with Gasteiger partial charge in [0, 0.05) is 25.9 Å². The van der Waals surface area contributed by atoms with Crippen molar-refractivity contribution in [1.29, 1.82) is 0 Å². The fraction of sp³-hybridized carbons (Fsp3) is 1.00. The number of hydrogen-bond acceptors (Lipinski definition) is 4. The first-order chi connectivity index (χ1) is 10.3. The Morgan fingerprint density at radius 3 is 2.41 bits per heavy atom. The van der Waals surface area contributed by atoms with Crippen LogP contribution >= 0.6 is 0 Å². The van der Waals surface area contributed by atoms with Crippen LogP contribution in [0.2, 0.25) is 0 Å². The number of aliphatic hydroxyl groups is 1. The van der Waals surface area contributed by atoms with E-state index in [1.54, 1.807) is 0 Å². The third-order valence-corrected chi connectivity index (χ3v) is 5.36. The van der Waals surface area contributed by atoms with Crippen molar-refractivity contribution in [3.05, 3.63) is 0 Å². The lowest BCUT2D eigenvalue weighted by atomic mass is 9.71. The predicted octanol–water partition coefficient (Wildman–Crippen LogP) is 3.38. The predicted molar refractivity (Wildman–Crippen MR) is 88.5 cm³/mol. The molecule has 4 nitrogen and oxygen atoms in total. The molecule has 1 heterocycles. The van der Waals surface area contributed by atoms with Crippen LogP contribution < -0.4 is 0 Å². The Bertz CT molecular complexity index is 343. The van der Waals surface area contributed by atoms with Crippen molar-refractivity contribution in [2.24, 2.45) is 11.3 Å². The van der Waals surface area contributed by atoms with E-state index in [1.807, 2.05) is 6.92 Å². The van der Waals surface area contributed by atoms with Gasteiger partial charge in [0.25, 0.3) is 0 Å². The molecule has 22 heavy (non-hydrogen) atoms. The van der Waals surface area contributed by atoms with Crippen molar-refractivity contribution >= 4 is 0 Å². The monoisotopic (exact) mass is 313 g/mol. The minimum Gasteiger partial charge on any atom is -0.379 e. The van der Waals surface area contributed by atoms with Crippen LogP contribution in [0.25, 0.3) is 0 Å².